The van der Waals surface area contributed by atoms with E-state index in [-0.39, 0.29) is 17.7 Å². The molecule has 1 N–H and O–H groups in total. The van der Waals surface area contributed by atoms with E-state index < -0.39 is 0 Å². The summed E-state index contributed by atoms with van der Waals surface area (Å²) in [7, 11) is 3.95. The summed E-state index contributed by atoms with van der Waals surface area (Å²) in [5.74, 6) is -0.285. The van der Waals surface area contributed by atoms with Crippen molar-refractivity contribution >= 4 is 23.2 Å². The maximum absolute atomic E-state index is 12.5. The number of hydrogen-bond donors (Lipinski definition) is 1. The molecule has 1 aromatic rings. The average molecular weight is 360 g/mol. The number of carbonyl (C=O) groups excluding carboxylic acids is 2. The molecule has 0 saturated carbocycles. The van der Waals surface area contributed by atoms with E-state index in [0.717, 1.165) is 44.2 Å². The van der Waals surface area contributed by atoms with Crippen molar-refractivity contribution in [3.63, 3.8) is 0 Å². The Labute approximate surface area is 154 Å². The molecule has 2 amide bonds. The van der Waals surface area contributed by atoms with Crippen molar-refractivity contribution in [3.8, 4) is 0 Å². The van der Waals surface area contributed by atoms with Gasteiger partial charge in [-0.1, -0.05) is 0 Å². The summed E-state index contributed by atoms with van der Waals surface area (Å²) in [5, 5.41) is 2.93. The predicted molar refractivity (Wildman–Crippen MR) is 101 cm³/mol. The van der Waals surface area contributed by atoms with Crippen molar-refractivity contribution in [3.05, 3.63) is 24.3 Å². The van der Waals surface area contributed by atoms with E-state index in [1.54, 1.807) is 0 Å². The highest BCUT2D eigenvalue weighted by molar-refractivity contribution is 5.97. The average Bonchev–Trinajstić information content (AvgIpc) is 3.02. The van der Waals surface area contributed by atoms with Crippen LogP contribution in [-0.2, 0) is 14.3 Å². The van der Waals surface area contributed by atoms with E-state index in [9.17, 15) is 9.59 Å². The first-order chi connectivity index (χ1) is 12.5. The lowest BCUT2D eigenvalue weighted by Crippen LogP contribution is -2.42. The van der Waals surface area contributed by atoms with E-state index in [4.69, 9.17) is 4.74 Å². The summed E-state index contributed by atoms with van der Waals surface area (Å²) in [4.78, 5) is 30.9. The molecule has 0 aromatic heterocycles. The van der Waals surface area contributed by atoms with Crippen LogP contribution in [0.5, 0.6) is 0 Å². The largest absolute Gasteiger partial charge is 0.379 e. The van der Waals surface area contributed by atoms with Gasteiger partial charge in [-0.05, 0) is 24.3 Å². The molecule has 2 aliphatic heterocycles. The number of morpholine rings is 1. The molecule has 1 unspecified atom stereocenters. The number of nitrogens with zero attached hydrogens (tertiary/aromatic N) is 3. The molecule has 2 heterocycles. The lowest BCUT2D eigenvalue weighted by Gasteiger charge is -2.28. The fourth-order valence-corrected chi connectivity index (χ4v) is 3.34. The molecule has 2 saturated heterocycles. The monoisotopic (exact) mass is 360 g/mol. The summed E-state index contributed by atoms with van der Waals surface area (Å²) >= 11 is 0. The third-order valence-electron chi connectivity index (χ3n) is 5.03. The van der Waals surface area contributed by atoms with Crippen molar-refractivity contribution in [2.45, 2.75) is 6.42 Å². The van der Waals surface area contributed by atoms with Crippen molar-refractivity contribution < 1.29 is 14.3 Å². The Morgan fingerprint density at radius 2 is 1.88 bits per heavy atom. The van der Waals surface area contributed by atoms with Gasteiger partial charge < -0.3 is 19.9 Å². The third-order valence-corrected chi connectivity index (χ3v) is 5.03. The van der Waals surface area contributed by atoms with Crippen LogP contribution in [0.25, 0.3) is 0 Å². The molecular weight excluding hydrogens is 332 g/mol. The Bertz CT molecular complexity index is 626. The molecule has 1 atom stereocenters. The van der Waals surface area contributed by atoms with Gasteiger partial charge in [-0.3, -0.25) is 14.5 Å². The highest BCUT2D eigenvalue weighted by Crippen LogP contribution is 2.21. The van der Waals surface area contributed by atoms with E-state index >= 15 is 0 Å². The smallest absolute Gasteiger partial charge is 0.229 e. The zero-order valence-electron chi connectivity index (χ0n) is 15.6. The molecular formula is C19H28N4O3. The molecule has 2 aliphatic rings. The zero-order chi connectivity index (χ0) is 18.5. The maximum atomic E-state index is 12.5. The van der Waals surface area contributed by atoms with Crippen LogP contribution in [-0.4, -0.2) is 81.6 Å². The molecule has 3 rings (SSSR count). The molecule has 2 fully saturated rings. The number of likely N-dealkylation sites (tertiary alicyclic amines) is 1. The van der Waals surface area contributed by atoms with Crippen LogP contribution in [0.15, 0.2) is 24.3 Å². The van der Waals surface area contributed by atoms with Crippen LogP contribution in [0.1, 0.15) is 6.42 Å². The van der Waals surface area contributed by atoms with Gasteiger partial charge in [-0.2, -0.15) is 0 Å². The van der Waals surface area contributed by atoms with Gasteiger partial charge in [0, 0.05) is 64.6 Å². The van der Waals surface area contributed by atoms with E-state index in [1.807, 2.05) is 48.2 Å². The van der Waals surface area contributed by atoms with Gasteiger partial charge in [0.25, 0.3) is 0 Å². The minimum absolute atomic E-state index is 0.0707. The normalized spacial score (nSPS) is 21.1. The Balaban J connectivity index is 1.48. The van der Waals surface area contributed by atoms with Gasteiger partial charge in [0.1, 0.15) is 0 Å². The van der Waals surface area contributed by atoms with E-state index in [1.165, 1.54) is 0 Å². The second-order valence-electron chi connectivity index (χ2n) is 7.13. The molecule has 0 spiro atoms. The highest BCUT2D eigenvalue weighted by atomic mass is 16.5. The molecule has 0 radical (unpaired) electrons. The fourth-order valence-electron chi connectivity index (χ4n) is 3.34. The van der Waals surface area contributed by atoms with Crippen LogP contribution in [0.4, 0.5) is 11.4 Å². The van der Waals surface area contributed by atoms with Crippen LogP contribution in [0.3, 0.4) is 0 Å². The number of carbonyl (C=O) groups is 2. The van der Waals surface area contributed by atoms with Gasteiger partial charge in [0.2, 0.25) is 11.8 Å². The number of amides is 2. The Kier molecular flexibility index (Phi) is 6.11. The number of hydrogen-bond acceptors (Lipinski definition) is 5. The molecule has 7 nitrogen and oxygen atoms in total. The summed E-state index contributed by atoms with van der Waals surface area (Å²) in [6.45, 7) is 5.36. The summed E-state index contributed by atoms with van der Waals surface area (Å²) in [6.07, 6.45) is 0.296. The standard InChI is InChI=1S/C19H28N4O3/c1-21(2)17-5-3-16(4-6-17)20-19(25)15-13-18(24)23(14-15)8-7-22-9-11-26-12-10-22/h3-6,15H,7-14H2,1-2H3,(H,20,25). The molecule has 26 heavy (non-hydrogen) atoms. The third kappa shape index (κ3) is 4.74. The van der Waals surface area contributed by atoms with Gasteiger partial charge >= 0.3 is 0 Å². The van der Waals surface area contributed by atoms with Crippen LogP contribution >= 0.6 is 0 Å². The molecule has 1 aromatic carbocycles. The zero-order valence-corrected chi connectivity index (χ0v) is 15.6. The van der Waals surface area contributed by atoms with Gasteiger partial charge in [0.05, 0.1) is 19.1 Å². The molecule has 142 valence electrons. The number of anilines is 2. The highest BCUT2D eigenvalue weighted by Gasteiger charge is 2.34. The first-order valence-corrected chi connectivity index (χ1v) is 9.19. The van der Waals surface area contributed by atoms with Crippen molar-refractivity contribution in [1.29, 1.82) is 0 Å². The number of nitrogens with one attached hydrogen (secondary N) is 1. The Morgan fingerprint density at radius 1 is 1.19 bits per heavy atom. The van der Waals surface area contributed by atoms with E-state index in [2.05, 4.69) is 10.2 Å². The second kappa shape index (κ2) is 8.51. The first kappa shape index (κ1) is 18.7. The van der Waals surface area contributed by atoms with Gasteiger partial charge in [0.15, 0.2) is 0 Å². The van der Waals surface area contributed by atoms with Crippen LogP contribution in [0.2, 0.25) is 0 Å². The van der Waals surface area contributed by atoms with Crippen LogP contribution < -0.4 is 10.2 Å². The summed E-state index contributed by atoms with van der Waals surface area (Å²) in [5.41, 5.74) is 1.84. The minimum Gasteiger partial charge on any atom is -0.379 e. The predicted octanol–water partition coefficient (Wildman–Crippen LogP) is 0.872. The SMILES string of the molecule is CN(C)c1ccc(NC(=O)C2CC(=O)N(CCN3CCOCC3)C2)cc1. The molecule has 0 aliphatic carbocycles. The van der Waals surface area contributed by atoms with E-state index in [0.29, 0.717) is 19.5 Å². The Morgan fingerprint density at radius 3 is 2.54 bits per heavy atom. The lowest BCUT2D eigenvalue weighted by molar-refractivity contribution is -0.128. The number of benzene rings is 1. The Hall–Kier alpha value is -2.12. The maximum Gasteiger partial charge on any atom is 0.229 e. The lowest BCUT2D eigenvalue weighted by atomic mass is 10.1. The fraction of sp³-hybridized carbons (Fsp3) is 0.579. The van der Waals surface area contributed by atoms with Crippen molar-refractivity contribution in [2.75, 3.05) is 70.2 Å². The minimum atomic E-state index is -0.277. The first-order valence-electron chi connectivity index (χ1n) is 9.19. The molecule has 7 heteroatoms. The number of ether oxygens (including phenoxy) is 1. The van der Waals surface area contributed by atoms with Crippen molar-refractivity contribution in [1.82, 2.24) is 9.80 Å². The summed E-state index contributed by atoms with van der Waals surface area (Å²) < 4.78 is 5.34. The van der Waals surface area contributed by atoms with Gasteiger partial charge in [-0.15, -0.1) is 0 Å². The molecule has 0 bridgehead atoms. The van der Waals surface area contributed by atoms with Crippen molar-refractivity contribution in [2.24, 2.45) is 5.92 Å². The topological polar surface area (TPSA) is 65.1 Å². The van der Waals surface area contributed by atoms with Gasteiger partial charge in [-0.25, -0.2) is 0 Å². The second-order valence-corrected chi connectivity index (χ2v) is 7.13. The summed E-state index contributed by atoms with van der Waals surface area (Å²) in [6, 6.07) is 7.70. The van der Waals surface area contributed by atoms with Crippen LogP contribution in [0, 0.1) is 5.92 Å². The quantitative estimate of drug-likeness (QED) is 0.816. The number of rotatable bonds is 6.